The smallest absolute Gasteiger partial charge is 0.306 e. The number of hydrogen-bond donors (Lipinski definition) is 0. The van der Waals surface area contributed by atoms with Gasteiger partial charge in [0, 0.05) is 6.42 Å². The number of carbonyl (C=O) groups excluding carboxylic acids is 1. The highest BCUT2D eigenvalue weighted by Gasteiger charge is 2.07. The van der Waals surface area contributed by atoms with Crippen molar-refractivity contribution in [1.29, 1.82) is 0 Å². The summed E-state index contributed by atoms with van der Waals surface area (Å²) in [6.07, 6.45) is 13.2. The molecule has 1 aliphatic rings. The molecule has 16 heavy (non-hydrogen) atoms. The van der Waals surface area contributed by atoms with Crippen LogP contribution in [0.4, 0.5) is 0 Å². The molecule has 1 heterocycles. The van der Waals surface area contributed by atoms with E-state index < -0.39 is 0 Å². The minimum absolute atomic E-state index is 0.0476. The zero-order valence-corrected chi connectivity index (χ0v) is 10.4. The number of esters is 1. The average Bonchev–Trinajstić information content (AvgIpc) is 2.28. The highest BCUT2D eigenvalue weighted by molar-refractivity contribution is 5.69. The van der Waals surface area contributed by atoms with E-state index in [9.17, 15) is 4.79 Å². The number of ether oxygens (including phenoxy) is 1. The molecule has 2 nitrogen and oxygen atoms in total. The Balaban J connectivity index is 2.31. The van der Waals surface area contributed by atoms with E-state index in [-0.39, 0.29) is 5.97 Å². The Morgan fingerprint density at radius 3 is 2.75 bits per heavy atom. The van der Waals surface area contributed by atoms with Gasteiger partial charge in [0.2, 0.25) is 0 Å². The van der Waals surface area contributed by atoms with Gasteiger partial charge >= 0.3 is 5.97 Å². The maximum absolute atomic E-state index is 11.3. The van der Waals surface area contributed by atoms with Gasteiger partial charge in [-0.05, 0) is 31.6 Å². The maximum atomic E-state index is 11.3. The number of carbonyl (C=O) groups is 1. The van der Waals surface area contributed by atoms with E-state index in [1.807, 2.05) is 0 Å². The van der Waals surface area contributed by atoms with Gasteiger partial charge in [-0.3, -0.25) is 4.79 Å². The summed E-state index contributed by atoms with van der Waals surface area (Å²) in [5.74, 6) is 0.469. The lowest BCUT2D eigenvalue weighted by molar-refractivity contribution is -0.144. The van der Waals surface area contributed by atoms with Gasteiger partial charge in [-0.25, -0.2) is 0 Å². The molecular weight excluding hydrogens is 200 g/mol. The third-order valence-electron chi connectivity index (χ3n) is 3.03. The van der Waals surface area contributed by atoms with Crippen molar-refractivity contribution in [3.05, 3.63) is 12.2 Å². The predicted molar refractivity (Wildman–Crippen MR) is 66.2 cm³/mol. The summed E-state index contributed by atoms with van der Waals surface area (Å²) in [4.78, 5) is 11.3. The first-order valence-electron chi connectivity index (χ1n) is 6.59. The van der Waals surface area contributed by atoms with Gasteiger partial charge in [-0.15, -0.1) is 0 Å². The van der Waals surface area contributed by atoms with Crippen LogP contribution in [0.25, 0.3) is 0 Å². The molecule has 0 aromatic heterocycles. The van der Waals surface area contributed by atoms with Gasteiger partial charge in [0.05, 0.1) is 6.61 Å². The van der Waals surface area contributed by atoms with Crippen LogP contribution in [0.15, 0.2) is 12.2 Å². The summed E-state index contributed by atoms with van der Waals surface area (Å²) in [5.41, 5.74) is 0. The Morgan fingerprint density at radius 1 is 1.12 bits per heavy atom. The Labute approximate surface area is 99.1 Å². The summed E-state index contributed by atoms with van der Waals surface area (Å²) >= 11 is 0. The van der Waals surface area contributed by atoms with Crippen molar-refractivity contribution >= 4 is 5.97 Å². The molecule has 1 unspecified atom stereocenters. The highest BCUT2D eigenvalue weighted by Crippen LogP contribution is 2.13. The van der Waals surface area contributed by atoms with E-state index in [1.165, 1.54) is 32.1 Å². The molecule has 2 heteroatoms. The van der Waals surface area contributed by atoms with E-state index in [0.717, 1.165) is 12.8 Å². The molecule has 0 radical (unpaired) electrons. The maximum Gasteiger partial charge on any atom is 0.306 e. The van der Waals surface area contributed by atoms with Crippen LogP contribution in [-0.2, 0) is 9.53 Å². The van der Waals surface area contributed by atoms with Gasteiger partial charge in [0.25, 0.3) is 0 Å². The quantitative estimate of drug-likeness (QED) is 0.461. The topological polar surface area (TPSA) is 26.3 Å². The highest BCUT2D eigenvalue weighted by atomic mass is 16.5. The van der Waals surface area contributed by atoms with Crippen molar-refractivity contribution in [3.8, 4) is 0 Å². The molecule has 1 aliphatic heterocycles. The molecule has 0 aliphatic carbocycles. The Hall–Kier alpha value is -0.790. The van der Waals surface area contributed by atoms with Crippen molar-refractivity contribution in [2.45, 2.75) is 58.3 Å². The third kappa shape index (κ3) is 6.65. The van der Waals surface area contributed by atoms with Crippen LogP contribution in [0.2, 0.25) is 0 Å². The Kier molecular flexibility index (Phi) is 6.95. The van der Waals surface area contributed by atoms with Crippen LogP contribution in [0.3, 0.4) is 0 Å². The third-order valence-corrected chi connectivity index (χ3v) is 3.03. The lowest BCUT2D eigenvalue weighted by atomic mass is 10.0. The molecule has 1 rings (SSSR count). The van der Waals surface area contributed by atoms with E-state index >= 15 is 0 Å². The van der Waals surface area contributed by atoms with Crippen LogP contribution in [-0.4, -0.2) is 12.6 Å². The first kappa shape index (κ1) is 13.3. The predicted octanol–water partition coefficient (Wildman–Crippen LogP) is 3.86. The van der Waals surface area contributed by atoms with E-state index in [4.69, 9.17) is 4.74 Å². The van der Waals surface area contributed by atoms with Crippen LogP contribution < -0.4 is 0 Å². The fourth-order valence-electron chi connectivity index (χ4n) is 1.94. The molecule has 0 bridgehead atoms. The van der Waals surface area contributed by atoms with Crippen LogP contribution >= 0.6 is 0 Å². The lowest BCUT2D eigenvalue weighted by Gasteiger charge is -2.12. The van der Waals surface area contributed by atoms with Gasteiger partial charge in [-0.1, -0.05) is 38.3 Å². The SMILES string of the molecule is CC1CCCCCCC=CCCC(=O)OC1. The molecule has 0 fully saturated rings. The second-order valence-electron chi connectivity index (χ2n) is 4.79. The van der Waals surface area contributed by atoms with E-state index in [2.05, 4.69) is 19.1 Å². The second kappa shape index (κ2) is 8.37. The van der Waals surface area contributed by atoms with Crippen LogP contribution in [0.5, 0.6) is 0 Å². The molecular formula is C14H24O2. The number of cyclic esters (lactones) is 1. The van der Waals surface area contributed by atoms with Crippen molar-refractivity contribution in [3.63, 3.8) is 0 Å². The molecule has 0 saturated heterocycles. The summed E-state index contributed by atoms with van der Waals surface area (Å²) in [6.45, 7) is 2.77. The largest absolute Gasteiger partial charge is 0.465 e. The molecule has 0 spiro atoms. The van der Waals surface area contributed by atoms with Gasteiger partial charge < -0.3 is 4.74 Å². The summed E-state index contributed by atoms with van der Waals surface area (Å²) in [6, 6.07) is 0. The lowest BCUT2D eigenvalue weighted by Crippen LogP contribution is -2.11. The van der Waals surface area contributed by atoms with Gasteiger partial charge in [0.15, 0.2) is 0 Å². The van der Waals surface area contributed by atoms with Gasteiger partial charge in [0.1, 0.15) is 0 Å². The molecule has 0 saturated carbocycles. The minimum atomic E-state index is -0.0476. The zero-order chi connectivity index (χ0) is 11.6. The second-order valence-corrected chi connectivity index (χ2v) is 4.79. The van der Waals surface area contributed by atoms with Crippen LogP contribution in [0.1, 0.15) is 58.3 Å². The average molecular weight is 224 g/mol. The molecule has 1 atom stereocenters. The van der Waals surface area contributed by atoms with Crippen molar-refractivity contribution in [2.75, 3.05) is 6.61 Å². The zero-order valence-electron chi connectivity index (χ0n) is 10.4. The van der Waals surface area contributed by atoms with Crippen molar-refractivity contribution < 1.29 is 9.53 Å². The van der Waals surface area contributed by atoms with Crippen molar-refractivity contribution in [2.24, 2.45) is 5.92 Å². The Bertz CT molecular complexity index is 221. The molecule has 0 aromatic carbocycles. The van der Waals surface area contributed by atoms with Crippen LogP contribution in [0, 0.1) is 5.92 Å². The minimum Gasteiger partial charge on any atom is -0.465 e. The fraction of sp³-hybridized carbons (Fsp3) is 0.786. The van der Waals surface area contributed by atoms with Crippen molar-refractivity contribution in [1.82, 2.24) is 0 Å². The molecule has 0 N–H and O–H groups in total. The van der Waals surface area contributed by atoms with E-state index in [1.54, 1.807) is 0 Å². The number of allylic oxidation sites excluding steroid dienone is 2. The monoisotopic (exact) mass is 224 g/mol. The first-order chi connectivity index (χ1) is 7.79. The Morgan fingerprint density at radius 2 is 1.88 bits per heavy atom. The van der Waals surface area contributed by atoms with Gasteiger partial charge in [-0.2, -0.15) is 0 Å². The molecule has 0 aromatic rings. The molecule has 0 amide bonds. The fourth-order valence-corrected chi connectivity index (χ4v) is 1.94. The van der Waals surface area contributed by atoms with E-state index in [0.29, 0.717) is 18.9 Å². The summed E-state index contributed by atoms with van der Waals surface area (Å²) < 4.78 is 5.23. The normalized spacial score (nSPS) is 25.8. The first-order valence-corrected chi connectivity index (χ1v) is 6.59. The summed E-state index contributed by atoms with van der Waals surface area (Å²) in [7, 11) is 0. The standard InChI is InChI=1S/C14H24O2/c1-13-10-8-6-4-2-3-5-7-9-11-14(15)16-12-13/h5,7,13H,2-4,6,8-12H2,1H3. The number of rotatable bonds is 0. The number of hydrogen-bond acceptors (Lipinski definition) is 2. The molecule has 92 valence electrons. The summed E-state index contributed by atoms with van der Waals surface area (Å²) in [5, 5.41) is 0.